The second kappa shape index (κ2) is 7.67. The van der Waals surface area contributed by atoms with E-state index in [1.54, 1.807) is 12.1 Å². The van der Waals surface area contributed by atoms with Crippen LogP contribution >= 0.6 is 15.9 Å². The van der Waals surface area contributed by atoms with E-state index in [0.717, 1.165) is 25.9 Å². The molecular weight excluding hydrogens is 285 g/mol. The minimum Gasteiger partial charge on any atom is -0.489 e. The SMILES string of the molecule is CCCNCC(CC)Oc1ccc(F)c(Br)c1. The molecule has 1 aromatic carbocycles. The normalized spacial score (nSPS) is 12.5. The third kappa shape index (κ3) is 5.04. The van der Waals surface area contributed by atoms with E-state index in [1.165, 1.54) is 6.07 Å². The molecule has 17 heavy (non-hydrogen) atoms. The molecule has 4 heteroatoms. The average molecular weight is 304 g/mol. The number of hydrogen-bond acceptors (Lipinski definition) is 2. The number of nitrogens with one attached hydrogen (secondary N) is 1. The molecule has 0 aromatic heterocycles. The maximum atomic E-state index is 13.1. The number of rotatable bonds is 7. The van der Waals surface area contributed by atoms with Crippen LogP contribution in [0.25, 0.3) is 0 Å². The highest BCUT2D eigenvalue weighted by atomic mass is 79.9. The summed E-state index contributed by atoms with van der Waals surface area (Å²) in [5.74, 6) is 0.429. The molecule has 1 rings (SSSR count). The van der Waals surface area contributed by atoms with Crippen molar-refractivity contribution in [3.8, 4) is 5.75 Å². The van der Waals surface area contributed by atoms with Crippen LogP contribution in [-0.2, 0) is 0 Å². The van der Waals surface area contributed by atoms with Crippen LogP contribution in [0.2, 0.25) is 0 Å². The Bertz CT molecular complexity index is 346. The summed E-state index contributed by atoms with van der Waals surface area (Å²) >= 11 is 3.15. The van der Waals surface area contributed by atoms with Crippen LogP contribution in [0.5, 0.6) is 5.75 Å². The fraction of sp³-hybridized carbons (Fsp3) is 0.538. The predicted octanol–water partition coefficient (Wildman–Crippen LogP) is 3.75. The molecule has 96 valence electrons. The number of halogens is 2. The van der Waals surface area contributed by atoms with Crippen LogP contribution in [0.4, 0.5) is 4.39 Å². The summed E-state index contributed by atoms with van der Waals surface area (Å²) in [5.41, 5.74) is 0. The van der Waals surface area contributed by atoms with Gasteiger partial charge in [-0.15, -0.1) is 0 Å². The molecule has 0 radical (unpaired) electrons. The molecule has 0 heterocycles. The van der Waals surface area contributed by atoms with Gasteiger partial charge in [0.15, 0.2) is 0 Å². The third-order valence-corrected chi connectivity index (χ3v) is 3.06. The summed E-state index contributed by atoms with van der Waals surface area (Å²) in [6.07, 6.45) is 2.16. The van der Waals surface area contributed by atoms with Crippen LogP contribution in [0.3, 0.4) is 0 Å². The van der Waals surface area contributed by atoms with E-state index in [9.17, 15) is 4.39 Å². The summed E-state index contributed by atoms with van der Waals surface area (Å²) in [4.78, 5) is 0. The summed E-state index contributed by atoms with van der Waals surface area (Å²) in [6.45, 7) is 6.02. The molecule has 0 saturated heterocycles. The number of hydrogen-bond donors (Lipinski definition) is 1. The maximum absolute atomic E-state index is 13.1. The van der Waals surface area contributed by atoms with Crippen molar-refractivity contribution in [2.24, 2.45) is 0 Å². The van der Waals surface area contributed by atoms with Gasteiger partial charge in [-0.1, -0.05) is 13.8 Å². The average Bonchev–Trinajstić information content (AvgIpc) is 2.32. The van der Waals surface area contributed by atoms with Crippen molar-refractivity contribution in [2.75, 3.05) is 13.1 Å². The highest BCUT2D eigenvalue weighted by Crippen LogP contribution is 2.22. The summed E-state index contributed by atoms with van der Waals surface area (Å²) < 4.78 is 19.3. The van der Waals surface area contributed by atoms with Crippen molar-refractivity contribution in [1.29, 1.82) is 0 Å². The zero-order valence-corrected chi connectivity index (χ0v) is 11.9. The Labute approximate surface area is 111 Å². The summed E-state index contributed by atoms with van der Waals surface area (Å²) in [5, 5.41) is 3.32. The first-order chi connectivity index (χ1) is 8.17. The van der Waals surface area contributed by atoms with Crippen LogP contribution < -0.4 is 10.1 Å². The van der Waals surface area contributed by atoms with Gasteiger partial charge in [-0.3, -0.25) is 0 Å². The van der Waals surface area contributed by atoms with Gasteiger partial charge in [0.2, 0.25) is 0 Å². The van der Waals surface area contributed by atoms with Gasteiger partial charge in [0.25, 0.3) is 0 Å². The molecule has 0 aliphatic carbocycles. The molecule has 0 spiro atoms. The Balaban J connectivity index is 2.51. The number of benzene rings is 1. The monoisotopic (exact) mass is 303 g/mol. The lowest BCUT2D eigenvalue weighted by atomic mass is 10.2. The second-order valence-corrected chi connectivity index (χ2v) is 4.78. The Hall–Kier alpha value is -0.610. The fourth-order valence-corrected chi connectivity index (χ4v) is 1.81. The molecule has 0 aliphatic rings. The van der Waals surface area contributed by atoms with E-state index >= 15 is 0 Å². The lowest BCUT2D eigenvalue weighted by Crippen LogP contribution is -2.31. The number of ether oxygens (including phenoxy) is 1. The first-order valence-electron chi connectivity index (χ1n) is 5.99. The van der Waals surface area contributed by atoms with Crippen molar-refractivity contribution >= 4 is 15.9 Å². The Morgan fingerprint density at radius 2 is 2.18 bits per heavy atom. The summed E-state index contributed by atoms with van der Waals surface area (Å²) in [6, 6.07) is 4.73. The minimum atomic E-state index is -0.269. The largest absolute Gasteiger partial charge is 0.489 e. The molecule has 2 nitrogen and oxygen atoms in total. The van der Waals surface area contributed by atoms with Crippen LogP contribution in [0.1, 0.15) is 26.7 Å². The fourth-order valence-electron chi connectivity index (χ4n) is 1.45. The molecule has 1 unspecified atom stereocenters. The molecule has 0 saturated carbocycles. The molecule has 0 aliphatic heterocycles. The van der Waals surface area contributed by atoms with Gasteiger partial charge in [0.1, 0.15) is 17.7 Å². The predicted molar refractivity (Wildman–Crippen MR) is 72.0 cm³/mol. The van der Waals surface area contributed by atoms with E-state index in [1.807, 2.05) is 0 Å². The van der Waals surface area contributed by atoms with Crippen molar-refractivity contribution in [3.05, 3.63) is 28.5 Å². The van der Waals surface area contributed by atoms with E-state index in [0.29, 0.717) is 10.2 Å². The highest BCUT2D eigenvalue weighted by Gasteiger charge is 2.08. The Kier molecular flexibility index (Phi) is 6.52. The zero-order chi connectivity index (χ0) is 12.7. The molecule has 1 atom stereocenters. The van der Waals surface area contributed by atoms with E-state index in [4.69, 9.17) is 4.74 Å². The van der Waals surface area contributed by atoms with Crippen molar-refractivity contribution in [1.82, 2.24) is 5.32 Å². The van der Waals surface area contributed by atoms with E-state index in [-0.39, 0.29) is 11.9 Å². The quantitative estimate of drug-likeness (QED) is 0.775. The lowest BCUT2D eigenvalue weighted by Gasteiger charge is -2.18. The molecule has 1 N–H and O–H groups in total. The third-order valence-electron chi connectivity index (χ3n) is 2.45. The first kappa shape index (κ1) is 14.5. The molecular formula is C13H19BrFNO. The van der Waals surface area contributed by atoms with E-state index in [2.05, 4.69) is 35.1 Å². The van der Waals surface area contributed by atoms with Crippen molar-refractivity contribution in [3.63, 3.8) is 0 Å². The van der Waals surface area contributed by atoms with Gasteiger partial charge in [0.05, 0.1) is 4.47 Å². The van der Waals surface area contributed by atoms with Gasteiger partial charge >= 0.3 is 0 Å². The Morgan fingerprint density at radius 3 is 2.76 bits per heavy atom. The topological polar surface area (TPSA) is 21.3 Å². The zero-order valence-electron chi connectivity index (χ0n) is 10.3. The van der Waals surface area contributed by atoms with Gasteiger partial charge < -0.3 is 10.1 Å². The van der Waals surface area contributed by atoms with Gasteiger partial charge in [-0.2, -0.15) is 0 Å². The summed E-state index contributed by atoms with van der Waals surface area (Å²) in [7, 11) is 0. The molecule has 0 amide bonds. The van der Waals surface area contributed by atoms with Gasteiger partial charge in [0, 0.05) is 6.54 Å². The van der Waals surface area contributed by atoms with Gasteiger partial charge in [-0.25, -0.2) is 4.39 Å². The smallest absolute Gasteiger partial charge is 0.137 e. The van der Waals surface area contributed by atoms with Crippen LogP contribution in [0.15, 0.2) is 22.7 Å². The molecule has 0 fully saturated rings. The highest BCUT2D eigenvalue weighted by molar-refractivity contribution is 9.10. The van der Waals surface area contributed by atoms with Crippen molar-refractivity contribution in [2.45, 2.75) is 32.8 Å². The van der Waals surface area contributed by atoms with Crippen LogP contribution in [-0.4, -0.2) is 19.2 Å². The van der Waals surface area contributed by atoms with Gasteiger partial charge in [-0.05, 0) is 53.5 Å². The standard InChI is InChI=1S/C13H19BrFNO/c1-3-7-16-9-10(4-2)17-11-5-6-13(15)12(14)8-11/h5-6,8,10,16H,3-4,7,9H2,1-2H3. The minimum absolute atomic E-state index is 0.124. The van der Waals surface area contributed by atoms with Crippen LogP contribution in [0, 0.1) is 5.82 Å². The molecule has 0 bridgehead atoms. The van der Waals surface area contributed by atoms with Crippen molar-refractivity contribution < 1.29 is 9.13 Å². The molecule has 1 aromatic rings. The first-order valence-corrected chi connectivity index (χ1v) is 6.79. The second-order valence-electron chi connectivity index (χ2n) is 3.93. The maximum Gasteiger partial charge on any atom is 0.137 e. The van der Waals surface area contributed by atoms with E-state index < -0.39 is 0 Å². The Morgan fingerprint density at radius 1 is 1.41 bits per heavy atom. The lowest BCUT2D eigenvalue weighted by molar-refractivity contribution is 0.193.